The van der Waals surface area contributed by atoms with Crippen molar-refractivity contribution in [1.29, 1.82) is 0 Å². The second kappa shape index (κ2) is 7.19. The summed E-state index contributed by atoms with van der Waals surface area (Å²) in [4.78, 5) is 11.5. The second-order valence-corrected chi connectivity index (χ2v) is 4.84. The van der Waals surface area contributed by atoms with E-state index < -0.39 is 0 Å². The first-order valence-corrected chi connectivity index (χ1v) is 7.04. The van der Waals surface area contributed by atoms with Crippen molar-refractivity contribution in [3.05, 3.63) is 53.6 Å². The van der Waals surface area contributed by atoms with E-state index in [1.54, 1.807) is 0 Å². The minimum Gasteiger partial charge on any atom is -0.369 e. The molecule has 1 aromatic rings. The van der Waals surface area contributed by atoms with E-state index in [-0.39, 0.29) is 17.1 Å². The molecule has 2 rings (SSSR count). The normalized spacial score (nSPS) is 21.2. The number of nitrogens with two attached hydrogens (primary N) is 1. The first-order chi connectivity index (χ1) is 9.09. The molecule has 0 aromatic heterocycles. The zero-order valence-electron chi connectivity index (χ0n) is 11.6. The summed E-state index contributed by atoms with van der Waals surface area (Å²) in [6.45, 7) is 6.03. The highest BCUT2D eigenvalue weighted by atomic mass is 32.1. The Morgan fingerprint density at radius 3 is 2.32 bits per heavy atom. The molecule has 2 nitrogen and oxygen atoms in total. The monoisotopic (exact) mass is 275 g/mol. The Morgan fingerprint density at radius 2 is 1.79 bits per heavy atom. The number of carbonyl (C=O) groups excluding carboxylic acids is 1. The number of benzene rings is 1. The fraction of sp³-hybridized carbons (Fsp3) is 0.312. The maximum atomic E-state index is 11.5. The van der Waals surface area contributed by atoms with E-state index in [4.69, 9.17) is 5.73 Å². The van der Waals surface area contributed by atoms with Crippen LogP contribution in [-0.4, -0.2) is 11.2 Å². The lowest BCUT2D eigenvalue weighted by Gasteiger charge is -2.24. The summed E-state index contributed by atoms with van der Waals surface area (Å²) in [5.41, 5.74) is 8.62. The molecule has 1 aromatic carbocycles. The van der Waals surface area contributed by atoms with Crippen LogP contribution in [0, 0.1) is 12.8 Å². The molecule has 2 unspecified atom stereocenters. The number of thiol groups is 1. The minimum atomic E-state index is -0.356. The van der Waals surface area contributed by atoms with Crippen LogP contribution in [0.3, 0.4) is 0 Å². The smallest absolute Gasteiger partial charge is 0.226 e. The standard InChI is InChI=1S/C14H15NOS.C2H6/c1-9-5-7-10(8-6-9)11-3-2-4-12(17)13(11)14(15)16;1-2/h2-8,12-13,17H,1H3,(H2,15,16);1-2H3. The maximum absolute atomic E-state index is 11.5. The fourth-order valence-electron chi connectivity index (χ4n) is 2.02. The largest absolute Gasteiger partial charge is 0.369 e. The predicted octanol–water partition coefficient (Wildman–Crippen LogP) is 3.37. The molecule has 2 atom stereocenters. The van der Waals surface area contributed by atoms with Crippen LogP contribution in [0.2, 0.25) is 0 Å². The Hall–Kier alpha value is -1.48. The van der Waals surface area contributed by atoms with Gasteiger partial charge in [0.15, 0.2) is 0 Å². The number of allylic oxidation sites excluding steroid dienone is 2. The summed E-state index contributed by atoms with van der Waals surface area (Å²) in [5, 5.41) is -0.145. The van der Waals surface area contributed by atoms with E-state index in [0.717, 1.165) is 11.1 Å². The average molecular weight is 275 g/mol. The second-order valence-electron chi connectivity index (χ2n) is 4.24. The van der Waals surface area contributed by atoms with Crippen LogP contribution in [0.15, 0.2) is 42.5 Å². The van der Waals surface area contributed by atoms with Crippen molar-refractivity contribution in [2.75, 3.05) is 0 Å². The molecule has 0 aliphatic heterocycles. The Morgan fingerprint density at radius 1 is 1.21 bits per heavy atom. The summed E-state index contributed by atoms with van der Waals surface area (Å²) < 4.78 is 0. The third-order valence-corrected chi connectivity index (χ3v) is 3.42. The average Bonchev–Trinajstić information content (AvgIpc) is 2.41. The third kappa shape index (κ3) is 3.74. The van der Waals surface area contributed by atoms with Crippen molar-refractivity contribution in [3.8, 4) is 0 Å². The van der Waals surface area contributed by atoms with E-state index >= 15 is 0 Å². The third-order valence-electron chi connectivity index (χ3n) is 2.95. The molecule has 3 heteroatoms. The molecule has 2 N–H and O–H groups in total. The Labute approximate surface area is 120 Å². The minimum absolute atomic E-state index is 0.145. The lowest BCUT2D eigenvalue weighted by atomic mass is 9.85. The van der Waals surface area contributed by atoms with Gasteiger partial charge in [0.05, 0.1) is 5.92 Å². The zero-order chi connectivity index (χ0) is 14.4. The molecule has 0 saturated carbocycles. The number of rotatable bonds is 2. The van der Waals surface area contributed by atoms with Gasteiger partial charge in [0.2, 0.25) is 5.91 Å². The zero-order valence-corrected chi connectivity index (χ0v) is 12.5. The number of carbonyl (C=O) groups is 1. The molecule has 1 aliphatic rings. The van der Waals surface area contributed by atoms with Crippen LogP contribution in [0.1, 0.15) is 25.0 Å². The van der Waals surface area contributed by atoms with Crippen molar-refractivity contribution in [1.82, 2.24) is 0 Å². The number of hydrogen-bond donors (Lipinski definition) is 2. The fourth-order valence-corrected chi connectivity index (χ4v) is 2.42. The molecule has 0 bridgehead atoms. The van der Waals surface area contributed by atoms with Gasteiger partial charge in [-0.05, 0) is 18.1 Å². The highest BCUT2D eigenvalue weighted by Crippen LogP contribution is 2.32. The van der Waals surface area contributed by atoms with Gasteiger partial charge in [-0.2, -0.15) is 12.6 Å². The molecule has 1 aliphatic carbocycles. The van der Waals surface area contributed by atoms with Gasteiger partial charge in [-0.15, -0.1) is 0 Å². The molecule has 102 valence electrons. The van der Waals surface area contributed by atoms with Crippen LogP contribution in [-0.2, 0) is 4.79 Å². The lowest BCUT2D eigenvalue weighted by Crippen LogP contribution is -2.32. The predicted molar refractivity (Wildman–Crippen MR) is 85.1 cm³/mol. The van der Waals surface area contributed by atoms with Crippen molar-refractivity contribution in [3.63, 3.8) is 0 Å². The first kappa shape index (κ1) is 15.6. The van der Waals surface area contributed by atoms with Gasteiger partial charge in [0, 0.05) is 5.25 Å². The van der Waals surface area contributed by atoms with Gasteiger partial charge in [-0.1, -0.05) is 61.9 Å². The molecular formula is C16H21NOS. The number of primary amides is 1. The number of hydrogen-bond acceptors (Lipinski definition) is 2. The Kier molecular flexibility index (Phi) is 5.90. The van der Waals surface area contributed by atoms with E-state index in [1.807, 2.05) is 63.3 Å². The quantitative estimate of drug-likeness (QED) is 0.798. The van der Waals surface area contributed by atoms with Crippen LogP contribution < -0.4 is 5.73 Å². The van der Waals surface area contributed by atoms with E-state index in [2.05, 4.69) is 12.6 Å². The van der Waals surface area contributed by atoms with Crippen LogP contribution in [0.4, 0.5) is 0 Å². The van der Waals surface area contributed by atoms with Gasteiger partial charge >= 0.3 is 0 Å². The van der Waals surface area contributed by atoms with Gasteiger partial charge in [0.25, 0.3) is 0 Å². The van der Waals surface area contributed by atoms with Crippen molar-refractivity contribution < 1.29 is 4.79 Å². The summed E-state index contributed by atoms with van der Waals surface area (Å²) in [6.07, 6.45) is 5.75. The van der Waals surface area contributed by atoms with Gasteiger partial charge < -0.3 is 5.73 Å². The molecule has 0 fully saturated rings. The van der Waals surface area contributed by atoms with Gasteiger partial charge in [-0.3, -0.25) is 4.79 Å². The molecule has 0 heterocycles. The SMILES string of the molecule is CC.Cc1ccc(C2=CC=CC(S)C2C(N)=O)cc1. The highest BCUT2D eigenvalue weighted by Gasteiger charge is 2.28. The number of aryl methyl sites for hydroxylation is 1. The van der Waals surface area contributed by atoms with Crippen LogP contribution >= 0.6 is 12.6 Å². The lowest BCUT2D eigenvalue weighted by molar-refractivity contribution is -0.119. The number of amides is 1. The highest BCUT2D eigenvalue weighted by molar-refractivity contribution is 7.81. The van der Waals surface area contributed by atoms with E-state index in [9.17, 15) is 4.79 Å². The maximum Gasteiger partial charge on any atom is 0.226 e. The molecule has 1 amide bonds. The summed E-state index contributed by atoms with van der Waals surface area (Å²) in [6, 6.07) is 8.08. The van der Waals surface area contributed by atoms with Gasteiger partial charge in [-0.25, -0.2) is 0 Å². The van der Waals surface area contributed by atoms with Crippen LogP contribution in [0.5, 0.6) is 0 Å². The van der Waals surface area contributed by atoms with Crippen molar-refractivity contribution in [2.45, 2.75) is 26.0 Å². The summed E-state index contributed by atoms with van der Waals surface area (Å²) in [7, 11) is 0. The molecule has 19 heavy (non-hydrogen) atoms. The molecule has 0 radical (unpaired) electrons. The summed E-state index contributed by atoms with van der Waals surface area (Å²) >= 11 is 4.40. The Balaban J connectivity index is 0.000000861. The van der Waals surface area contributed by atoms with Crippen molar-refractivity contribution in [2.24, 2.45) is 11.7 Å². The molecular weight excluding hydrogens is 254 g/mol. The molecule has 0 saturated heterocycles. The van der Waals surface area contributed by atoms with Crippen LogP contribution in [0.25, 0.3) is 5.57 Å². The topological polar surface area (TPSA) is 43.1 Å². The Bertz CT molecular complexity index is 488. The van der Waals surface area contributed by atoms with E-state index in [0.29, 0.717) is 0 Å². The van der Waals surface area contributed by atoms with Gasteiger partial charge in [0.1, 0.15) is 0 Å². The summed E-state index contributed by atoms with van der Waals surface area (Å²) in [5.74, 6) is -0.688. The van der Waals surface area contributed by atoms with Crippen molar-refractivity contribution >= 4 is 24.1 Å². The first-order valence-electron chi connectivity index (χ1n) is 6.52. The molecule has 0 spiro atoms. The van der Waals surface area contributed by atoms with E-state index in [1.165, 1.54) is 5.56 Å².